The van der Waals surface area contributed by atoms with Gasteiger partial charge in [0.25, 0.3) is 0 Å². The molecule has 2 nitrogen and oxygen atoms in total. The van der Waals surface area contributed by atoms with Gasteiger partial charge in [0.2, 0.25) is 0 Å². The van der Waals surface area contributed by atoms with Crippen molar-refractivity contribution in [3.05, 3.63) is 12.2 Å². The van der Waals surface area contributed by atoms with Gasteiger partial charge in [0.1, 0.15) is 5.60 Å². The highest BCUT2D eigenvalue weighted by Crippen LogP contribution is 2.15. The fraction of sp³-hybridized carbons (Fsp3) is 0.700. The Hall–Kier alpha value is -0.630. The molecule has 0 aromatic heterocycles. The van der Waals surface area contributed by atoms with Gasteiger partial charge >= 0.3 is 0 Å². The van der Waals surface area contributed by atoms with E-state index in [2.05, 4.69) is 0 Å². The van der Waals surface area contributed by atoms with Crippen molar-refractivity contribution < 1.29 is 9.90 Å². The first-order valence-corrected chi connectivity index (χ1v) is 4.09. The zero-order chi connectivity index (χ0) is 9.99. The zero-order valence-corrected chi connectivity index (χ0v) is 8.51. The first-order valence-electron chi connectivity index (χ1n) is 4.09. The number of hydrogen-bond donors (Lipinski definition) is 1. The van der Waals surface area contributed by atoms with Crippen molar-refractivity contribution in [2.45, 2.75) is 40.2 Å². The molecule has 0 unspecified atom stereocenters. The summed E-state index contributed by atoms with van der Waals surface area (Å²) in [5, 5.41) is 9.28. The molecule has 0 radical (unpaired) electrons. The Morgan fingerprint density at radius 1 is 1.17 bits per heavy atom. The Morgan fingerprint density at radius 2 is 1.58 bits per heavy atom. The molecule has 0 saturated carbocycles. The molecule has 70 valence electrons. The third-order valence-electron chi connectivity index (χ3n) is 1.34. The third-order valence-corrected chi connectivity index (χ3v) is 1.34. The summed E-state index contributed by atoms with van der Waals surface area (Å²) in [5.41, 5.74) is -1.26. The average molecular weight is 170 g/mol. The quantitative estimate of drug-likeness (QED) is 0.643. The molecule has 0 saturated heterocycles. The van der Waals surface area contributed by atoms with Crippen LogP contribution < -0.4 is 0 Å². The summed E-state index contributed by atoms with van der Waals surface area (Å²) in [5.74, 6) is -0.252. The van der Waals surface area contributed by atoms with Crippen molar-refractivity contribution in [2.75, 3.05) is 0 Å². The van der Waals surface area contributed by atoms with Gasteiger partial charge in [0, 0.05) is 0 Å². The molecule has 12 heavy (non-hydrogen) atoms. The molecule has 0 heterocycles. The van der Waals surface area contributed by atoms with Gasteiger partial charge in [-0.25, -0.2) is 0 Å². The highest BCUT2D eigenvalue weighted by Gasteiger charge is 2.21. The molecule has 0 aliphatic carbocycles. The van der Waals surface area contributed by atoms with E-state index in [1.165, 1.54) is 19.9 Å². The van der Waals surface area contributed by atoms with Crippen LogP contribution in [-0.2, 0) is 4.79 Å². The van der Waals surface area contributed by atoms with Crippen LogP contribution in [0.1, 0.15) is 34.6 Å². The Bertz CT molecular complexity index is 189. The van der Waals surface area contributed by atoms with Crippen LogP contribution in [0.5, 0.6) is 0 Å². The molecule has 0 spiro atoms. The summed E-state index contributed by atoms with van der Waals surface area (Å²) in [6.45, 7) is 8.98. The molecule has 0 fully saturated rings. The van der Waals surface area contributed by atoms with Crippen molar-refractivity contribution in [1.82, 2.24) is 0 Å². The van der Waals surface area contributed by atoms with Gasteiger partial charge in [0.05, 0.1) is 0 Å². The van der Waals surface area contributed by atoms with Crippen LogP contribution in [0.15, 0.2) is 12.2 Å². The van der Waals surface area contributed by atoms with Crippen LogP contribution in [0.4, 0.5) is 0 Å². The summed E-state index contributed by atoms with van der Waals surface area (Å²) in [7, 11) is 0. The Labute approximate surface area is 74.3 Å². The molecule has 0 atom stereocenters. The second-order valence-corrected chi connectivity index (χ2v) is 4.62. The van der Waals surface area contributed by atoms with E-state index < -0.39 is 5.60 Å². The number of ketones is 1. The summed E-state index contributed by atoms with van der Waals surface area (Å²) >= 11 is 0. The van der Waals surface area contributed by atoms with Gasteiger partial charge in [-0.2, -0.15) is 0 Å². The number of aliphatic hydroxyl groups is 1. The van der Waals surface area contributed by atoms with Crippen LogP contribution in [-0.4, -0.2) is 16.5 Å². The van der Waals surface area contributed by atoms with E-state index in [1.807, 2.05) is 20.8 Å². The van der Waals surface area contributed by atoms with Gasteiger partial charge in [-0.3, -0.25) is 4.79 Å². The van der Waals surface area contributed by atoms with Crippen LogP contribution >= 0.6 is 0 Å². The molecule has 0 aliphatic heterocycles. The summed E-state index contributed by atoms with van der Waals surface area (Å²) < 4.78 is 0. The van der Waals surface area contributed by atoms with Crippen molar-refractivity contribution in [3.63, 3.8) is 0 Å². The molecular formula is C10H18O2. The van der Waals surface area contributed by atoms with Gasteiger partial charge < -0.3 is 5.11 Å². The van der Waals surface area contributed by atoms with E-state index in [9.17, 15) is 9.90 Å². The summed E-state index contributed by atoms with van der Waals surface area (Å²) in [6.07, 6.45) is 3.24. The molecule has 2 heteroatoms. The maximum absolute atomic E-state index is 11.2. The lowest BCUT2D eigenvalue weighted by Crippen LogP contribution is -2.29. The van der Waals surface area contributed by atoms with Crippen LogP contribution in [0, 0.1) is 5.41 Å². The minimum absolute atomic E-state index is 0.0130. The largest absolute Gasteiger partial charge is 0.382 e. The molecule has 0 aromatic carbocycles. The Kier molecular flexibility index (Phi) is 3.22. The van der Waals surface area contributed by atoms with E-state index in [1.54, 1.807) is 6.08 Å². The van der Waals surface area contributed by atoms with E-state index in [0.717, 1.165) is 0 Å². The van der Waals surface area contributed by atoms with Crippen molar-refractivity contribution >= 4 is 5.78 Å². The maximum atomic E-state index is 11.2. The Balaban J connectivity index is 4.30. The highest BCUT2D eigenvalue weighted by atomic mass is 16.3. The van der Waals surface area contributed by atoms with Gasteiger partial charge in [-0.05, 0) is 25.3 Å². The molecule has 0 amide bonds. The smallest absolute Gasteiger partial charge is 0.186 e. The monoisotopic (exact) mass is 170 g/mol. The number of allylic oxidation sites excluding steroid dienone is 1. The van der Waals surface area contributed by atoms with E-state index >= 15 is 0 Å². The van der Waals surface area contributed by atoms with Gasteiger partial charge in [-0.1, -0.05) is 26.8 Å². The Morgan fingerprint density at radius 3 is 1.83 bits per heavy atom. The topological polar surface area (TPSA) is 37.3 Å². The van der Waals surface area contributed by atoms with Crippen LogP contribution in [0.2, 0.25) is 0 Å². The zero-order valence-electron chi connectivity index (χ0n) is 8.51. The lowest BCUT2D eigenvalue weighted by Gasteiger charge is -2.15. The lowest BCUT2D eigenvalue weighted by molar-refractivity contribution is -0.128. The third kappa shape index (κ3) is 5.08. The number of carbonyl (C=O) groups is 1. The highest BCUT2D eigenvalue weighted by molar-refractivity contribution is 5.96. The minimum atomic E-state index is -1.25. The SMILES string of the molecule is CC(C)(C)/C=C/C(=O)C(C)(C)O. The van der Waals surface area contributed by atoms with E-state index in [0.29, 0.717) is 0 Å². The van der Waals surface area contributed by atoms with Crippen LogP contribution in [0.3, 0.4) is 0 Å². The first kappa shape index (κ1) is 11.4. The maximum Gasteiger partial charge on any atom is 0.186 e. The van der Waals surface area contributed by atoms with Gasteiger partial charge in [0.15, 0.2) is 5.78 Å². The van der Waals surface area contributed by atoms with Crippen molar-refractivity contribution in [1.29, 1.82) is 0 Å². The van der Waals surface area contributed by atoms with Crippen LogP contribution in [0.25, 0.3) is 0 Å². The van der Waals surface area contributed by atoms with E-state index in [4.69, 9.17) is 0 Å². The summed E-state index contributed by atoms with van der Waals surface area (Å²) in [4.78, 5) is 11.2. The fourth-order valence-electron chi connectivity index (χ4n) is 0.530. The molecule has 1 N–H and O–H groups in total. The second-order valence-electron chi connectivity index (χ2n) is 4.62. The first-order chi connectivity index (χ1) is 5.13. The number of rotatable bonds is 2. The van der Waals surface area contributed by atoms with E-state index in [-0.39, 0.29) is 11.2 Å². The molecular weight excluding hydrogens is 152 g/mol. The molecule has 0 aromatic rings. The standard InChI is InChI=1S/C10H18O2/c1-9(2,3)7-6-8(11)10(4,5)12/h6-7,12H,1-5H3/b7-6+. The minimum Gasteiger partial charge on any atom is -0.382 e. The predicted octanol–water partition coefficient (Wildman–Crippen LogP) is 1.93. The number of hydrogen-bond acceptors (Lipinski definition) is 2. The second kappa shape index (κ2) is 3.40. The summed E-state index contributed by atoms with van der Waals surface area (Å²) in [6, 6.07) is 0. The predicted molar refractivity (Wildman–Crippen MR) is 49.9 cm³/mol. The number of carbonyl (C=O) groups excluding carboxylic acids is 1. The lowest BCUT2D eigenvalue weighted by atomic mass is 9.94. The van der Waals surface area contributed by atoms with Crippen molar-refractivity contribution in [2.24, 2.45) is 5.41 Å². The molecule has 0 aliphatic rings. The molecule has 0 rings (SSSR count). The normalized spacial score (nSPS) is 13.8. The van der Waals surface area contributed by atoms with Gasteiger partial charge in [-0.15, -0.1) is 0 Å². The fourth-order valence-corrected chi connectivity index (χ4v) is 0.530. The van der Waals surface area contributed by atoms with Crippen molar-refractivity contribution in [3.8, 4) is 0 Å². The molecule has 0 bridgehead atoms. The average Bonchev–Trinajstić information content (AvgIpc) is 1.78.